The third-order valence-electron chi connectivity index (χ3n) is 5.14. The summed E-state index contributed by atoms with van der Waals surface area (Å²) in [6, 6.07) is 15.7. The second-order valence-corrected chi connectivity index (χ2v) is 7.00. The Hall–Kier alpha value is -2.36. The highest BCUT2D eigenvalue weighted by molar-refractivity contribution is 5.78. The molecule has 1 amide bonds. The predicted molar refractivity (Wildman–Crippen MR) is 96.9 cm³/mol. The molecule has 0 spiro atoms. The van der Waals surface area contributed by atoms with Crippen molar-refractivity contribution in [1.29, 1.82) is 0 Å². The molecule has 1 aliphatic heterocycles. The number of fused-ring (bicyclic) bond motifs is 1. The predicted octanol–water partition coefficient (Wildman–Crippen LogP) is 3.77. The van der Waals surface area contributed by atoms with E-state index in [4.69, 9.17) is 0 Å². The van der Waals surface area contributed by atoms with Gasteiger partial charge in [0.05, 0.1) is 0 Å². The monoisotopic (exact) mass is 338 g/mol. The fourth-order valence-corrected chi connectivity index (χ4v) is 3.62. The van der Waals surface area contributed by atoms with Crippen LogP contribution in [0.2, 0.25) is 0 Å². The van der Waals surface area contributed by atoms with E-state index in [1.807, 2.05) is 29.2 Å². The molecule has 0 atom stereocenters. The van der Waals surface area contributed by atoms with Gasteiger partial charge in [-0.25, -0.2) is 4.39 Å². The van der Waals surface area contributed by atoms with Gasteiger partial charge in [-0.2, -0.15) is 0 Å². The largest absolute Gasteiger partial charge is 0.370 e. The van der Waals surface area contributed by atoms with Gasteiger partial charge >= 0.3 is 0 Å². The van der Waals surface area contributed by atoms with Crippen molar-refractivity contribution in [3.8, 4) is 0 Å². The van der Waals surface area contributed by atoms with Crippen LogP contribution in [-0.4, -0.2) is 29.9 Å². The first-order valence-electron chi connectivity index (χ1n) is 9.07. The molecule has 3 nitrogen and oxygen atoms in total. The van der Waals surface area contributed by atoms with E-state index in [0.717, 1.165) is 37.1 Å². The number of carbonyl (C=O) groups is 1. The van der Waals surface area contributed by atoms with Gasteiger partial charge in [0.15, 0.2) is 0 Å². The number of hydrogen-bond acceptors (Lipinski definition) is 2. The second-order valence-electron chi connectivity index (χ2n) is 7.00. The Morgan fingerprint density at radius 2 is 1.88 bits per heavy atom. The minimum absolute atomic E-state index is 0.196. The summed E-state index contributed by atoms with van der Waals surface area (Å²) >= 11 is 0. The first-order valence-corrected chi connectivity index (χ1v) is 9.07. The van der Waals surface area contributed by atoms with Crippen molar-refractivity contribution in [1.82, 2.24) is 4.90 Å². The zero-order chi connectivity index (χ0) is 17.2. The lowest BCUT2D eigenvalue weighted by Crippen LogP contribution is -2.39. The lowest BCUT2D eigenvalue weighted by atomic mass is 10.1. The number of carbonyl (C=O) groups excluding carboxylic acids is 1. The molecule has 25 heavy (non-hydrogen) atoms. The van der Waals surface area contributed by atoms with Crippen molar-refractivity contribution in [2.45, 2.75) is 38.3 Å². The highest BCUT2D eigenvalue weighted by Gasteiger charge is 2.34. The van der Waals surface area contributed by atoms with Crippen molar-refractivity contribution in [3.63, 3.8) is 0 Å². The fourth-order valence-electron chi connectivity index (χ4n) is 3.62. The number of rotatable bonds is 4. The molecule has 1 aliphatic carbocycles. The Balaban J connectivity index is 1.59. The van der Waals surface area contributed by atoms with Crippen molar-refractivity contribution >= 4 is 11.6 Å². The summed E-state index contributed by atoms with van der Waals surface area (Å²) in [4.78, 5) is 16.8. The molecule has 1 saturated carbocycles. The Labute approximate surface area is 148 Å². The van der Waals surface area contributed by atoms with Gasteiger partial charge in [-0.1, -0.05) is 30.3 Å². The van der Waals surface area contributed by atoms with Crippen LogP contribution in [0.3, 0.4) is 0 Å². The molecule has 0 radical (unpaired) electrons. The molecule has 1 heterocycles. The van der Waals surface area contributed by atoms with Gasteiger partial charge in [0, 0.05) is 37.8 Å². The average molecular weight is 338 g/mol. The van der Waals surface area contributed by atoms with Crippen LogP contribution in [-0.2, 0) is 17.8 Å². The normalized spacial score (nSPS) is 17.9. The quantitative estimate of drug-likeness (QED) is 0.847. The molecule has 4 heteroatoms. The molecular weight excluding hydrogens is 315 g/mol. The number of benzene rings is 2. The number of amides is 1. The number of hydrogen-bond donors (Lipinski definition) is 0. The summed E-state index contributed by atoms with van der Waals surface area (Å²) < 4.78 is 13.8. The number of halogens is 1. The summed E-state index contributed by atoms with van der Waals surface area (Å²) in [7, 11) is 0. The summed E-state index contributed by atoms with van der Waals surface area (Å²) in [5.74, 6) is -0.0346. The van der Waals surface area contributed by atoms with Crippen LogP contribution in [0, 0.1) is 5.82 Å². The van der Waals surface area contributed by atoms with E-state index in [1.165, 1.54) is 11.6 Å². The van der Waals surface area contributed by atoms with E-state index in [2.05, 4.69) is 17.0 Å². The summed E-state index contributed by atoms with van der Waals surface area (Å²) in [5, 5.41) is 0. The zero-order valence-corrected chi connectivity index (χ0v) is 14.3. The maximum atomic E-state index is 13.8. The molecule has 0 saturated heterocycles. The molecule has 4 rings (SSSR count). The molecule has 1 fully saturated rings. The van der Waals surface area contributed by atoms with Gasteiger partial charge in [-0.05, 0) is 48.6 Å². The fraction of sp³-hybridized carbons (Fsp3) is 0.381. The van der Waals surface area contributed by atoms with E-state index >= 15 is 0 Å². The van der Waals surface area contributed by atoms with Gasteiger partial charge in [0.1, 0.15) is 5.82 Å². The maximum Gasteiger partial charge on any atom is 0.224 e. The first kappa shape index (κ1) is 16.1. The van der Waals surface area contributed by atoms with Gasteiger partial charge in [-0.15, -0.1) is 0 Å². The molecule has 2 aromatic carbocycles. The highest BCUT2D eigenvalue weighted by Crippen LogP contribution is 2.33. The summed E-state index contributed by atoms with van der Waals surface area (Å²) in [5.41, 5.74) is 3.27. The van der Waals surface area contributed by atoms with Crippen molar-refractivity contribution in [2.75, 3.05) is 18.0 Å². The Kier molecular flexibility index (Phi) is 4.43. The van der Waals surface area contributed by atoms with Crippen LogP contribution in [0.1, 0.15) is 30.4 Å². The Bertz CT molecular complexity index is 758. The molecule has 130 valence electrons. The SMILES string of the molecule is O=C1CCN(CCc2ccccc2)c2ccc(F)cc2CN1C1CC1. The molecular formula is C21H23FN2O. The summed E-state index contributed by atoms with van der Waals surface area (Å²) in [6.07, 6.45) is 3.60. The molecule has 0 bridgehead atoms. The Morgan fingerprint density at radius 3 is 2.64 bits per heavy atom. The van der Waals surface area contributed by atoms with Crippen LogP contribution < -0.4 is 4.90 Å². The van der Waals surface area contributed by atoms with Crippen LogP contribution in [0.5, 0.6) is 0 Å². The average Bonchev–Trinajstić information content (AvgIpc) is 3.45. The van der Waals surface area contributed by atoms with Crippen LogP contribution >= 0.6 is 0 Å². The van der Waals surface area contributed by atoms with Crippen molar-refractivity contribution in [3.05, 3.63) is 65.5 Å². The molecule has 0 N–H and O–H groups in total. The minimum Gasteiger partial charge on any atom is -0.370 e. The van der Waals surface area contributed by atoms with Crippen LogP contribution in [0.25, 0.3) is 0 Å². The standard InChI is InChI=1S/C21H23FN2O/c22-18-6-9-20-17(14-18)15-24(19-7-8-19)21(25)11-13-23(20)12-10-16-4-2-1-3-5-16/h1-6,9,14,19H,7-8,10-13,15H2. The van der Waals surface area contributed by atoms with E-state index in [-0.39, 0.29) is 11.7 Å². The lowest BCUT2D eigenvalue weighted by molar-refractivity contribution is -0.132. The molecule has 2 aromatic rings. The topological polar surface area (TPSA) is 23.6 Å². The van der Waals surface area contributed by atoms with Crippen LogP contribution in [0.15, 0.2) is 48.5 Å². The third kappa shape index (κ3) is 3.68. The first-order chi connectivity index (χ1) is 12.2. The molecule has 0 unspecified atom stereocenters. The molecule has 0 aromatic heterocycles. The van der Waals surface area contributed by atoms with E-state index in [9.17, 15) is 9.18 Å². The van der Waals surface area contributed by atoms with Gasteiger partial charge in [-0.3, -0.25) is 4.79 Å². The van der Waals surface area contributed by atoms with Crippen molar-refractivity contribution < 1.29 is 9.18 Å². The highest BCUT2D eigenvalue weighted by atomic mass is 19.1. The van der Waals surface area contributed by atoms with E-state index < -0.39 is 0 Å². The van der Waals surface area contributed by atoms with Crippen molar-refractivity contribution in [2.24, 2.45) is 0 Å². The summed E-state index contributed by atoms with van der Waals surface area (Å²) in [6.45, 7) is 2.05. The van der Waals surface area contributed by atoms with E-state index in [1.54, 1.807) is 6.07 Å². The third-order valence-corrected chi connectivity index (χ3v) is 5.14. The maximum absolute atomic E-state index is 13.8. The van der Waals surface area contributed by atoms with Gasteiger partial charge < -0.3 is 9.80 Å². The zero-order valence-electron chi connectivity index (χ0n) is 14.3. The number of anilines is 1. The smallest absolute Gasteiger partial charge is 0.224 e. The van der Waals surface area contributed by atoms with Gasteiger partial charge in [0.25, 0.3) is 0 Å². The lowest BCUT2D eigenvalue weighted by Gasteiger charge is -2.33. The second kappa shape index (κ2) is 6.87. The minimum atomic E-state index is -0.231. The van der Waals surface area contributed by atoms with E-state index in [0.29, 0.717) is 25.6 Å². The van der Waals surface area contributed by atoms with Gasteiger partial charge in [0.2, 0.25) is 5.91 Å². The molecule has 2 aliphatic rings. The van der Waals surface area contributed by atoms with Crippen LogP contribution in [0.4, 0.5) is 10.1 Å². The number of nitrogens with zero attached hydrogens (tertiary/aromatic N) is 2. The Morgan fingerprint density at radius 1 is 1.08 bits per heavy atom.